The summed E-state index contributed by atoms with van der Waals surface area (Å²) in [6.45, 7) is 2.08. The molecule has 0 radical (unpaired) electrons. The third kappa shape index (κ3) is 16.4. The minimum absolute atomic E-state index is 0.0128. The smallest absolute Gasteiger partial charge is 0.471 e. The number of nitrogens with two attached hydrogens (primary N) is 1. The van der Waals surface area contributed by atoms with E-state index < -0.39 is 68.4 Å². The van der Waals surface area contributed by atoms with Crippen LogP contribution in [0.1, 0.15) is 115 Å². The second kappa shape index (κ2) is 27.5. The van der Waals surface area contributed by atoms with E-state index in [1.165, 1.54) is 36.4 Å². The van der Waals surface area contributed by atoms with E-state index in [1.54, 1.807) is 43.3 Å². The number of carbonyl (C=O) groups excluding carboxylic acids is 4. The number of H-pyrrole nitrogens is 1. The van der Waals surface area contributed by atoms with E-state index in [4.69, 9.17) is 5.73 Å². The number of hydrogen-bond donors (Lipinski definition) is 4. The summed E-state index contributed by atoms with van der Waals surface area (Å²) in [5.41, 5.74) is 6.63. The molecule has 0 saturated carbocycles. The van der Waals surface area contributed by atoms with Crippen LogP contribution in [0.3, 0.4) is 0 Å². The molecule has 7 aromatic rings. The number of fused-ring (bicyclic) bond motifs is 3. The molecule has 0 saturated heterocycles. The highest BCUT2D eigenvalue weighted by molar-refractivity contribution is 7.89. The predicted molar refractivity (Wildman–Crippen MR) is 297 cm³/mol. The van der Waals surface area contributed by atoms with Gasteiger partial charge in [0.05, 0.1) is 49.8 Å². The number of para-hydroxylation sites is 2. The molecule has 20 nitrogen and oxygen atoms in total. The number of hydrogen-bond acceptors (Lipinski definition) is 14. The fourth-order valence-electron chi connectivity index (χ4n) is 9.36. The molecule has 0 aliphatic rings. The molecular weight excluding hydrogens is 1090 g/mol. The van der Waals surface area contributed by atoms with Crippen molar-refractivity contribution in [2.45, 2.75) is 115 Å². The molecule has 0 aliphatic heterocycles. The largest absolute Gasteiger partial charge is 0.748 e. The Bertz CT molecular complexity index is 3620. The zero-order chi connectivity index (χ0) is 58.3. The zero-order valence-electron chi connectivity index (χ0n) is 44.5. The molecule has 3 heterocycles. The number of rotatable bonds is 28. The first kappa shape index (κ1) is 60.7. The van der Waals surface area contributed by atoms with Gasteiger partial charge in [-0.15, -0.1) is 0 Å². The van der Waals surface area contributed by atoms with Gasteiger partial charge in [0.1, 0.15) is 6.54 Å². The van der Waals surface area contributed by atoms with E-state index in [0.717, 1.165) is 87.0 Å². The van der Waals surface area contributed by atoms with Gasteiger partial charge in [-0.05, 0) is 87.6 Å². The van der Waals surface area contributed by atoms with E-state index in [-0.39, 0.29) is 56.8 Å². The molecule has 25 heteroatoms. The Morgan fingerprint density at radius 1 is 0.728 bits per heavy atom. The minimum atomic E-state index is -5.24. The maximum Gasteiger partial charge on any atom is 0.471 e. The second-order valence-corrected chi connectivity index (χ2v) is 22.9. The second-order valence-electron chi connectivity index (χ2n) is 19.5. The number of sulfonamides is 1. The van der Waals surface area contributed by atoms with Crippen LogP contribution >= 0.6 is 0 Å². The summed E-state index contributed by atoms with van der Waals surface area (Å²) in [5.74, 6) is -4.55. The average Bonchev–Trinajstić information content (AvgIpc) is 3.50. The van der Waals surface area contributed by atoms with Crippen molar-refractivity contribution in [1.29, 1.82) is 0 Å². The van der Waals surface area contributed by atoms with Gasteiger partial charge in [-0.1, -0.05) is 80.5 Å². The lowest BCUT2D eigenvalue weighted by Crippen LogP contribution is -2.41. The van der Waals surface area contributed by atoms with Gasteiger partial charge in [-0.2, -0.15) is 22.7 Å². The summed E-state index contributed by atoms with van der Waals surface area (Å²) in [6.07, 6.45) is 5.24. The van der Waals surface area contributed by atoms with Crippen LogP contribution in [0.2, 0.25) is 0 Å². The molecular formula is C56H63F3N10O10S2. The number of nitrogen functional groups attached to an aromatic ring is 1. The highest BCUT2D eigenvalue weighted by Crippen LogP contribution is 2.30. The monoisotopic (exact) mass is 1160 g/mol. The maximum atomic E-state index is 14.7. The highest BCUT2D eigenvalue weighted by Gasteiger charge is 2.43. The van der Waals surface area contributed by atoms with E-state index in [1.807, 2.05) is 24.3 Å². The van der Waals surface area contributed by atoms with Gasteiger partial charge in [0.2, 0.25) is 22.9 Å². The molecule has 0 atom stereocenters. The maximum absolute atomic E-state index is 14.7. The molecule has 430 valence electrons. The van der Waals surface area contributed by atoms with Crippen LogP contribution in [0.15, 0.2) is 113 Å². The Balaban J connectivity index is 0.791. The quantitative estimate of drug-likeness (QED) is 0.0162. The van der Waals surface area contributed by atoms with Crippen molar-refractivity contribution in [3.8, 4) is 0 Å². The molecule has 0 bridgehead atoms. The lowest BCUT2D eigenvalue weighted by Gasteiger charge is -2.24. The number of aryl methyl sites for hydroxylation is 2. The summed E-state index contributed by atoms with van der Waals surface area (Å²) in [5, 5.41) is 6.80. The first-order valence-corrected chi connectivity index (χ1v) is 29.6. The van der Waals surface area contributed by atoms with E-state index in [0.29, 0.717) is 52.5 Å². The van der Waals surface area contributed by atoms with Crippen molar-refractivity contribution in [3.63, 3.8) is 0 Å². The van der Waals surface area contributed by atoms with Crippen LogP contribution in [0.25, 0.3) is 33.0 Å². The Morgan fingerprint density at radius 2 is 1.31 bits per heavy atom. The van der Waals surface area contributed by atoms with Crippen LogP contribution < -0.4 is 31.4 Å². The Labute approximate surface area is 466 Å². The SMILES string of the molecule is Cc1ccc(S(=O)(=O)N(CCCS(=O)(=O)[O-])C(=O)c2c3ccccc3[n+](CCCCCCCCCC(=O)NCCCCCCNC(=O)c3ccc(N(Cc4cnc5nc(N)[nH]c(=O)c5n4)C(=O)C(F)(F)F)cc3)c3ccccc23)cc1. The van der Waals surface area contributed by atoms with Gasteiger partial charge in [-0.25, -0.2) is 31.1 Å². The molecule has 4 amide bonds. The van der Waals surface area contributed by atoms with Crippen LogP contribution in [0.4, 0.5) is 24.8 Å². The van der Waals surface area contributed by atoms with Crippen molar-refractivity contribution >= 4 is 88.4 Å². The number of aromatic nitrogens is 5. The lowest BCUT2D eigenvalue weighted by atomic mass is 10.0. The number of nitrogens with zero attached hydrogens (tertiary/aromatic N) is 6. The van der Waals surface area contributed by atoms with Gasteiger partial charge < -0.3 is 20.9 Å². The Hall–Kier alpha value is -7.90. The fourth-order valence-corrected chi connectivity index (χ4v) is 11.3. The fraction of sp³-hybridized carbons (Fsp3) is 0.375. The topological polar surface area (TPSA) is 292 Å². The van der Waals surface area contributed by atoms with Crippen LogP contribution in [0.5, 0.6) is 0 Å². The van der Waals surface area contributed by atoms with Crippen molar-refractivity contribution in [3.05, 3.63) is 136 Å². The van der Waals surface area contributed by atoms with E-state index in [2.05, 4.69) is 35.1 Å². The highest BCUT2D eigenvalue weighted by atomic mass is 32.2. The average molecular weight is 1160 g/mol. The molecule has 81 heavy (non-hydrogen) atoms. The molecule has 7 rings (SSSR count). The number of nitrogens with one attached hydrogen (secondary N) is 3. The number of aromatic amines is 1. The number of alkyl halides is 3. The standard InChI is InChI=1S/C56H63F3N10O10S2/c1-38-23-29-42(30-24-38)81(78,79)69(34-17-35-80(75,76)77)53(73)48-43-18-10-12-20-45(43)67(46-21-13-11-19-44(46)48)33-16-8-4-2-3-5-9-22-47(70)61-31-14-6-7-15-32-62-51(71)39-25-27-41(28-26-39)68(54(74)56(57,58)59)37-40-36-63-50-49(64-40)52(72)66-55(60)65-50/h10-13,18-21,23-30,36H,2-9,14-17,22,31-35,37H2,1H3,(H5-,60,61,62,63,65,66,70,71,72,75,76,77). The third-order valence-corrected chi connectivity index (χ3v) is 16.1. The molecule has 4 aromatic carbocycles. The molecule has 0 fully saturated rings. The zero-order valence-corrected chi connectivity index (χ0v) is 46.2. The molecule has 0 unspecified atom stereocenters. The third-order valence-electron chi connectivity index (χ3n) is 13.5. The van der Waals surface area contributed by atoms with Crippen molar-refractivity contribution in [2.75, 3.05) is 36.0 Å². The van der Waals surface area contributed by atoms with Gasteiger partial charge in [-0.3, -0.25) is 33.9 Å². The van der Waals surface area contributed by atoms with Crippen LogP contribution in [-0.4, -0.2) is 101 Å². The Kier molecular flexibility index (Phi) is 20.6. The van der Waals surface area contributed by atoms with Crippen LogP contribution in [0, 0.1) is 6.92 Å². The minimum Gasteiger partial charge on any atom is -0.748 e. The number of anilines is 2. The molecule has 0 aliphatic carbocycles. The number of benzene rings is 4. The summed E-state index contributed by atoms with van der Waals surface area (Å²) in [6, 6.07) is 25.5. The summed E-state index contributed by atoms with van der Waals surface area (Å²) >= 11 is 0. The van der Waals surface area contributed by atoms with Crippen molar-refractivity contribution in [1.82, 2.24) is 34.9 Å². The first-order chi connectivity index (χ1) is 38.6. The summed E-state index contributed by atoms with van der Waals surface area (Å²) < 4.78 is 106. The lowest BCUT2D eigenvalue weighted by molar-refractivity contribution is -0.645. The molecule has 3 aromatic heterocycles. The number of amides is 4. The van der Waals surface area contributed by atoms with Gasteiger partial charge in [0, 0.05) is 61.6 Å². The predicted octanol–water partition coefficient (Wildman–Crippen LogP) is 7.29. The van der Waals surface area contributed by atoms with Gasteiger partial charge in [0.25, 0.3) is 27.4 Å². The number of carbonyl (C=O) groups is 4. The van der Waals surface area contributed by atoms with Crippen molar-refractivity contribution in [2.24, 2.45) is 0 Å². The van der Waals surface area contributed by atoms with E-state index in [9.17, 15) is 58.5 Å². The van der Waals surface area contributed by atoms with Crippen molar-refractivity contribution < 1.29 is 58.3 Å². The summed E-state index contributed by atoms with van der Waals surface area (Å²) in [4.78, 5) is 79.0. The number of unbranched alkanes of at least 4 members (excludes halogenated alkanes) is 9. The first-order valence-electron chi connectivity index (χ1n) is 26.6. The molecule has 0 spiro atoms. The van der Waals surface area contributed by atoms with Gasteiger partial charge in [0.15, 0.2) is 11.2 Å². The summed E-state index contributed by atoms with van der Waals surface area (Å²) in [7, 11) is -9.15. The van der Waals surface area contributed by atoms with Crippen LogP contribution in [-0.2, 0) is 42.8 Å². The number of pyridine rings is 1. The van der Waals surface area contributed by atoms with Gasteiger partial charge >= 0.3 is 12.1 Å². The Morgan fingerprint density at radius 3 is 1.93 bits per heavy atom. The molecule has 5 N–H and O–H groups in total. The normalized spacial score (nSPS) is 12.0. The number of halogens is 3. The van der Waals surface area contributed by atoms with E-state index >= 15 is 0 Å².